The number of aliphatic hydroxyl groups excluding tert-OH is 1. The van der Waals surface area contributed by atoms with Crippen molar-refractivity contribution in [2.75, 3.05) is 5.73 Å². The zero-order valence-corrected chi connectivity index (χ0v) is 10.8. The van der Waals surface area contributed by atoms with Gasteiger partial charge in [0.25, 0.3) is 5.91 Å². The number of rotatable bonds is 4. The standard InChI is InChI=1S/C12H21N3O2/c1-5-15-7-9(13)6-10(15)11(17)14-12(3,4)8(2)16/h6-8,16H,5,13H2,1-4H3,(H,14,17). The van der Waals surface area contributed by atoms with Crippen LogP contribution in [0.3, 0.4) is 0 Å². The molecular weight excluding hydrogens is 218 g/mol. The summed E-state index contributed by atoms with van der Waals surface area (Å²) < 4.78 is 1.78. The van der Waals surface area contributed by atoms with Crippen molar-refractivity contribution in [1.29, 1.82) is 0 Å². The van der Waals surface area contributed by atoms with E-state index in [1.54, 1.807) is 37.6 Å². The van der Waals surface area contributed by atoms with Gasteiger partial charge in [-0.1, -0.05) is 0 Å². The molecule has 0 aliphatic carbocycles. The van der Waals surface area contributed by atoms with Crippen molar-refractivity contribution in [3.63, 3.8) is 0 Å². The number of nitrogens with one attached hydrogen (secondary N) is 1. The molecule has 5 nitrogen and oxygen atoms in total. The van der Waals surface area contributed by atoms with Crippen LogP contribution in [0, 0.1) is 0 Å². The average Bonchev–Trinajstić information content (AvgIpc) is 2.58. The highest BCUT2D eigenvalue weighted by Crippen LogP contribution is 2.14. The molecular formula is C12H21N3O2. The lowest BCUT2D eigenvalue weighted by Gasteiger charge is -2.29. The molecule has 0 fully saturated rings. The molecule has 1 aromatic heterocycles. The number of aryl methyl sites for hydroxylation is 1. The third kappa shape index (κ3) is 3.00. The van der Waals surface area contributed by atoms with Crippen LogP contribution in [0.2, 0.25) is 0 Å². The Bertz CT molecular complexity index is 408. The molecule has 0 saturated heterocycles. The number of aromatic nitrogens is 1. The van der Waals surface area contributed by atoms with E-state index in [0.717, 1.165) is 0 Å². The molecule has 0 aliphatic rings. The fourth-order valence-corrected chi connectivity index (χ4v) is 1.45. The summed E-state index contributed by atoms with van der Waals surface area (Å²) in [6.45, 7) is 7.81. The summed E-state index contributed by atoms with van der Waals surface area (Å²) in [5, 5.41) is 12.4. The summed E-state index contributed by atoms with van der Waals surface area (Å²) in [7, 11) is 0. The summed E-state index contributed by atoms with van der Waals surface area (Å²) in [6.07, 6.45) is 1.10. The van der Waals surface area contributed by atoms with Crippen LogP contribution in [-0.2, 0) is 6.54 Å². The number of carbonyl (C=O) groups is 1. The van der Waals surface area contributed by atoms with Gasteiger partial charge in [-0.3, -0.25) is 4.79 Å². The Morgan fingerprint density at radius 2 is 2.24 bits per heavy atom. The van der Waals surface area contributed by atoms with Gasteiger partial charge >= 0.3 is 0 Å². The minimum atomic E-state index is -0.672. The van der Waals surface area contributed by atoms with Gasteiger partial charge in [-0.15, -0.1) is 0 Å². The molecule has 1 atom stereocenters. The molecule has 0 aliphatic heterocycles. The van der Waals surface area contributed by atoms with Crippen molar-refractivity contribution >= 4 is 11.6 Å². The second kappa shape index (κ2) is 4.79. The minimum absolute atomic E-state index is 0.227. The third-order valence-corrected chi connectivity index (χ3v) is 2.97. The van der Waals surface area contributed by atoms with Crippen LogP contribution in [0.4, 0.5) is 5.69 Å². The fourth-order valence-electron chi connectivity index (χ4n) is 1.45. The predicted molar refractivity (Wildman–Crippen MR) is 67.7 cm³/mol. The molecule has 0 bridgehead atoms. The first kappa shape index (κ1) is 13.6. The van der Waals surface area contributed by atoms with Crippen molar-refractivity contribution in [2.24, 2.45) is 0 Å². The molecule has 0 spiro atoms. The number of hydrogen-bond donors (Lipinski definition) is 3. The normalized spacial score (nSPS) is 13.5. The van der Waals surface area contributed by atoms with Gasteiger partial charge in [0.2, 0.25) is 0 Å². The van der Waals surface area contributed by atoms with E-state index in [1.807, 2.05) is 6.92 Å². The van der Waals surface area contributed by atoms with Crippen LogP contribution in [0.5, 0.6) is 0 Å². The first-order valence-corrected chi connectivity index (χ1v) is 5.74. The van der Waals surface area contributed by atoms with Crippen LogP contribution in [0.1, 0.15) is 38.2 Å². The highest BCUT2D eigenvalue weighted by molar-refractivity contribution is 5.94. The summed E-state index contributed by atoms with van der Waals surface area (Å²) in [5.41, 5.74) is 6.07. The zero-order chi connectivity index (χ0) is 13.2. The molecule has 5 heteroatoms. The average molecular weight is 239 g/mol. The third-order valence-electron chi connectivity index (χ3n) is 2.97. The summed E-state index contributed by atoms with van der Waals surface area (Å²) in [6, 6.07) is 1.64. The van der Waals surface area contributed by atoms with Gasteiger partial charge in [0.1, 0.15) is 5.69 Å². The largest absolute Gasteiger partial charge is 0.397 e. The van der Waals surface area contributed by atoms with Crippen LogP contribution in [0.25, 0.3) is 0 Å². The Hall–Kier alpha value is -1.49. The quantitative estimate of drug-likeness (QED) is 0.732. The van der Waals surface area contributed by atoms with E-state index in [4.69, 9.17) is 5.73 Å². The number of amides is 1. The van der Waals surface area contributed by atoms with E-state index in [0.29, 0.717) is 17.9 Å². The molecule has 0 saturated carbocycles. The van der Waals surface area contributed by atoms with Crippen molar-refractivity contribution in [1.82, 2.24) is 9.88 Å². The van der Waals surface area contributed by atoms with E-state index in [-0.39, 0.29) is 5.91 Å². The van der Waals surface area contributed by atoms with Crippen LogP contribution >= 0.6 is 0 Å². The van der Waals surface area contributed by atoms with Crippen LogP contribution in [0.15, 0.2) is 12.3 Å². The van der Waals surface area contributed by atoms with E-state index in [9.17, 15) is 9.90 Å². The summed E-state index contributed by atoms with van der Waals surface area (Å²) in [4.78, 5) is 12.1. The molecule has 96 valence electrons. The summed E-state index contributed by atoms with van der Waals surface area (Å²) >= 11 is 0. The van der Waals surface area contributed by atoms with Crippen molar-refractivity contribution in [3.8, 4) is 0 Å². The van der Waals surface area contributed by atoms with Gasteiger partial charge < -0.3 is 20.7 Å². The highest BCUT2D eigenvalue weighted by atomic mass is 16.3. The Balaban J connectivity index is 2.90. The zero-order valence-electron chi connectivity index (χ0n) is 10.8. The maximum Gasteiger partial charge on any atom is 0.268 e. The summed E-state index contributed by atoms with van der Waals surface area (Å²) in [5.74, 6) is -0.227. The number of carbonyl (C=O) groups excluding carboxylic acids is 1. The van der Waals surface area contributed by atoms with E-state index >= 15 is 0 Å². The van der Waals surface area contributed by atoms with Gasteiger partial charge in [-0.05, 0) is 33.8 Å². The Morgan fingerprint density at radius 1 is 1.65 bits per heavy atom. The monoisotopic (exact) mass is 239 g/mol. The molecule has 4 N–H and O–H groups in total. The lowest BCUT2D eigenvalue weighted by atomic mass is 9.98. The fraction of sp³-hybridized carbons (Fsp3) is 0.583. The maximum atomic E-state index is 12.1. The Labute approximate surface area is 102 Å². The Morgan fingerprint density at radius 3 is 2.71 bits per heavy atom. The second-order valence-corrected chi connectivity index (χ2v) is 4.80. The van der Waals surface area contributed by atoms with Crippen LogP contribution < -0.4 is 11.1 Å². The molecule has 1 unspecified atom stereocenters. The lowest BCUT2D eigenvalue weighted by Crippen LogP contribution is -2.51. The molecule has 0 radical (unpaired) electrons. The van der Waals surface area contributed by atoms with Crippen LogP contribution in [-0.4, -0.2) is 27.2 Å². The smallest absolute Gasteiger partial charge is 0.268 e. The van der Waals surface area contributed by atoms with Crippen molar-refractivity contribution in [2.45, 2.75) is 45.9 Å². The minimum Gasteiger partial charge on any atom is -0.397 e. The predicted octanol–water partition coefficient (Wildman–Crippen LogP) is 0.979. The molecule has 1 aromatic rings. The number of hydrogen-bond acceptors (Lipinski definition) is 3. The number of nitrogens with zero attached hydrogens (tertiary/aromatic N) is 1. The molecule has 1 heterocycles. The number of anilines is 1. The molecule has 0 aromatic carbocycles. The number of aliphatic hydroxyl groups is 1. The molecule has 1 rings (SSSR count). The second-order valence-electron chi connectivity index (χ2n) is 4.80. The van der Waals surface area contributed by atoms with Gasteiger partial charge in [0.15, 0.2) is 0 Å². The van der Waals surface area contributed by atoms with E-state index in [1.165, 1.54) is 0 Å². The first-order valence-electron chi connectivity index (χ1n) is 5.74. The maximum absolute atomic E-state index is 12.1. The molecule has 1 amide bonds. The van der Waals surface area contributed by atoms with Crippen molar-refractivity contribution < 1.29 is 9.90 Å². The highest BCUT2D eigenvalue weighted by Gasteiger charge is 2.27. The van der Waals surface area contributed by atoms with E-state index < -0.39 is 11.6 Å². The van der Waals surface area contributed by atoms with Gasteiger partial charge in [-0.2, -0.15) is 0 Å². The Kier molecular flexibility index (Phi) is 3.83. The van der Waals surface area contributed by atoms with E-state index in [2.05, 4.69) is 5.32 Å². The van der Waals surface area contributed by atoms with Crippen molar-refractivity contribution in [3.05, 3.63) is 18.0 Å². The number of nitrogens with two attached hydrogens (primary N) is 1. The van der Waals surface area contributed by atoms with Gasteiger partial charge in [-0.25, -0.2) is 0 Å². The molecule has 17 heavy (non-hydrogen) atoms. The topological polar surface area (TPSA) is 80.3 Å². The SMILES string of the molecule is CCn1cc(N)cc1C(=O)NC(C)(C)C(C)O. The first-order chi connectivity index (χ1) is 7.77. The van der Waals surface area contributed by atoms with Gasteiger partial charge in [0, 0.05) is 12.7 Å². The number of nitrogen functional groups attached to an aromatic ring is 1. The lowest BCUT2D eigenvalue weighted by molar-refractivity contribution is 0.0702. The van der Waals surface area contributed by atoms with Gasteiger partial charge in [0.05, 0.1) is 17.3 Å².